The van der Waals surface area contributed by atoms with Gasteiger partial charge in [0.05, 0.1) is 22.1 Å². The van der Waals surface area contributed by atoms with E-state index >= 15 is 0 Å². The van der Waals surface area contributed by atoms with Crippen molar-refractivity contribution in [2.45, 2.75) is 12.8 Å². The summed E-state index contributed by atoms with van der Waals surface area (Å²) >= 11 is 0. The smallest absolute Gasteiger partial charge is 0.163 e. The van der Waals surface area contributed by atoms with Gasteiger partial charge in [-0.15, -0.1) is 0 Å². The van der Waals surface area contributed by atoms with E-state index in [0.717, 1.165) is 77.8 Å². The van der Waals surface area contributed by atoms with Crippen LogP contribution in [-0.4, -0.2) is 24.1 Å². The lowest BCUT2D eigenvalue weighted by molar-refractivity contribution is 0.600. The molecule has 1 aliphatic carbocycles. The summed E-state index contributed by atoms with van der Waals surface area (Å²) in [4.78, 5) is 15.2. The Balaban J connectivity index is 1.03. The van der Waals surface area contributed by atoms with Gasteiger partial charge in [-0.1, -0.05) is 165 Å². The van der Waals surface area contributed by atoms with E-state index in [2.05, 4.69) is 186 Å². The number of fused-ring (bicyclic) bond motifs is 10. The molecular weight excluding hydrogens is 783 g/mol. The third kappa shape index (κ3) is 5.62. The number of para-hydroxylation sites is 4. The van der Waals surface area contributed by atoms with Crippen LogP contribution in [-0.2, 0) is 0 Å². The molecule has 0 aliphatic heterocycles. The largest absolute Gasteiger partial charge is 0.454 e. The zero-order chi connectivity index (χ0) is 42.3. The standard InChI is InChI=1S/C58H39N5O/c1-36-33-41(30-32-42(36)58-60-56(37-17-5-2-6-18-37)59-57(61-58)38-19-7-3-8-20-38)63-50-27-15-12-25-46(50)53-47(35-48-45-24-13-16-28-52(45)64-55(48)54(53)63)39-29-31-44-43-23-11-14-26-49(43)62(51(44)34-39)40-21-9-4-10-22-40/h2-36,42H,1H3. The molecule has 0 saturated carbocycles. The van der Waals surface area contributed by atoms with Crippen LogP contribution in [0.2, 0.25) is 0 Å². The number of furan rings is 1. The Bertz CT molecular complexity index is 3800. The highest BCUT2D eigenvalue weighted by Gasteiger charge is 2.28. The quantitative estimate of drug-likeness (QED) is 0.168. The van der Waals surface area contributed by atoms with Gasteiger partial charge in [0.25, 0.3) is 0 Å². The molecule has 6 nitrogen and oxygen atoms in total. The number of hydrogen-bond acceptors (Lipinski definition) is 4. The highest BCUT2D eigenvalue weighted by Crippen LogP contribution is 2.47. The first-order valence-electron chi connectivity index (χ1n) is 21.9. The minimum Gasteiger partial charge on any atom is -0.454 e. The predicted octanol–water partition coefficient (Wildman–Crippen LogP) is 14.8. The number of aromatic nitrogens is 5. The molecule has 64 heavy (non-hydrogen) atoms. The van der Waals surface area contributed by atoms with Gasteiger partial charge < -0.3 is 13.6 Å². The summed E-state index contributed by atoms with van der Waals surface area (Å²) in [6.07, 6.45) is 6.89. The Hall–Kier alpha value is -8.35. The van der Waals surface area contributed by atoms with Crippen LogP contribution in [0.4, 0.5) is 0 Å². The second-order valence-electron chi connectivity index (χ2n) is 16.8. The summed E-state index contributed by atoms with van der Waals surface area (Å²) in [5, 5.41) is 6.97. The molecule has 1 aliphatic rings. The molecule has 2 atom stereocenters. The van der Waals surface area contributed by atoms with Gasteiger partial charge in [-0.25, -0.2) is 15.0 Å². The molecule has 12 aromatic rings. The third-order valence-electron chi connectivity index (χ3n) is 13.0. The molecule has 0 fully saturated rings. The van der Waals surface area contributed by atoms with Crippen molar-refractivity contribution in [1.82, 2.24) is 24.1 Å². The van der Waals surface area contributed by atoms with Crippen LogP contribution in [0.25, 0.3) is 111 Å². The van der Waals surface area contributed by atoms with Crippen LogP contribution in [0.3, 0.4) is 0 Å². The van der Waals surface area contributed by atoms with Crippen molar-refractivity contribution in [3.05, 3.63) is 212 Å². The maximum Gasteiger partial charge on any atom is 0.163 e. The third-order valence-corrected chi connectivity index (χ3v) is 13.0. The normalized spacial score (nSPS) is 15.3. The Morgan fingerprint density at radius 1 is 0.484 bits per heavy atom. The highest BCUT2D eigenvalue weighted by molar-refractivity contribution is 6.27. The molecule has 0 saturated heterocycles. The lowest BCUT2D eigenvalue weighted by Gasteiger charge is -2.24. The first-order chi connectivity index (χ1) is 31.7. The maximum atomic E-state index is 6.93. The number of rotatable bonds is 6. The Morgan fingerprint density at radius 3 is 1.78 bits per heavy atom. The van der Waals surface area contributed by atoms with Crippen LogP contribution in [0.15, 0.2) is 211 Å². The number of nitrogens with zero attached hydrogens (tertiary/aromatic N) is 5. The topological polar surface area (TPSA) is 61.7 Å². The Morgan fingerprint density at radius 2 is 1.08 bits per heavy atom. The van der Waals surface area contributed by atoms with Crippen LogP contribution in [0.5, 0.6) is 0 Å². The van der Waals surface area contributed by atoms with Crippen molar-refractivity contribution >= 4 is 71.2 Å². The van der Waals surface area contributed by atoms with Crippen molar-refractivity contribution in [3.63, 3.8) is 0 Å². The maximum absolute atomic E-state index is 6.93. The predicted molar refractivity (Wildman–Crippen MR) is 263 cm³/mol. The zero-order valence-corrected chi connectivity index (χ0v) is 34.9. The summed E-state index contributed by atoms with van der Waals surface area (Å²) < 4.78 is 11.7. The molecule has 302 valence electrons. The van der Waals surface area contributed by atoms with Gasteiger partial charge in [0.2, 0.25) is 0 Å². The van der Waals surface area contributed by atoms with Crippen molar-refractivity contribution in [2.24, 2.45) is 5.92 Å². The average Bonchev–Trinajstić information content (AvgIpc) is 4.02. The second-order valence-corrected chi connectivity index (χ2v) is 16.8. The summed E-state index contributed by atoms with van der Waals surface area (Å²) in [5.41, 5.74) is 12.7. The van der Waals surface area contributed by atoms with Crippen molar-refractivity contribution in [2.75, 3.05) is 0 Å². The van der Waals surface area contributed by atoms with E-state index in [1.165, 1.54) is 27.2 Å². The van der Waals surface area contributed by atoms with E-state index in [9.17, 15) is 0 Å². The lowest BCUT2D eigenvalue weighted by atomic mass is 9.88. The van der Waals surface area contributed by atoms with Gasteiger partial charge in [-0.2, -0.15) is 0 Å². The van der Waals surface area contributed by atoms with E-state index in [1.54, 1.807) is 0 Å². The Labute approximate surface area is 368 Å². The van der Waals surface area contributed by atoms with Gasteiger partial charge in [-0.3, -0.25) is 0 Å². The minimum atomic E-state index is -0.0744. The van der Waals surface area contributed by atoms with E-state index in [-0.39, 0.29) is 11.8 Å². The average molecular weight is 822 g/mol. The van der Waals surface area contributed by atoms with Gasteiger partial charge in [0, 0.05) is 60.7 Å². The van der Waals surface area contributed by atoms with E-state index < -0.39 is 0 Å². The SMILES string of the molecule is CC1C=C(n2c3ccccc3c3c(-c4ccc5c6ccccc6n(-c6ccccc6)c5c4)cc4c5ccccc5oc4c32)C=CC1c1nc(-c2ccccc2)nc(-c2ccccc2)n1. The molecule has 0 N–H and O–H groups in total. The summed E-state index contributed by atoms with van der Waals surface area (Å²) in [6, 6.07) is 66.3. The molecule has 0 spiro atoms. The van der Waals surface area contributed by atoms with E-state index in [4.69, 9.17) is 19.4 Å². The van der Waals surface area contributed by atoms with Gasteiger partial charge in [0.15, 0.2) is 17.2 Å². The first kappa shape index (κ1) is 36.3. The molecular formula is C58H39N5O. The van der Waals surface area contributed by atoms with E-state index in [1.807, 2.05) is 36.4 Å². The number of benzene rings is 8. The molecule has 6 heteroatoms. The molecule has 0 radical (unpaired) electrons. The molecule has 4 aromatic heterocycles. The molecule has 0 bridgehead atoms. The van der Waals surface area contributed by atoms with Crippen molar-refractivity contribution in [3.8, 4) is 39.6 Å². The monoisotopic (exact) mass is 821 g/mol. The van der Waals surface area contributed by atoms with Gasteiger partial charge in [-0.05, 0) is 65.6 Å². The second kappa shape index (κ2) is 14.4. The van der Waals surface area contributed by atoms with E-state index in [0.29, 0.717) is 11.6 Å². The van der Waals surface area contributed by atoms with Crippen LogP contribution >= 0.6 is 0 Å². The highest BCUT2D eigenvalue weighted by atomic mass is 16.3. The Kier molecular flexibility index (Phi) is 8.15. The molecule has 4 heterocycles. The molecule has 8 aromatic carbocycles. The number of allylic oxidation sites excluding steroid dienone is 4. The van der Waals surface area contributed by atoms with Crippen molar-refractivity contribution in [1.29, 1.82) is 0 Å². The minimum absolute atomic E-state index is 0.0579. The van der Waals surface area contributed by atoms with Gasteiger partial charge in [0.1, 0.15) is 11.4 Å². The van der Waals surface area contributed by atoms with Gasteiger partial charge >= 0.3 is 0 Å². The summed E-state index contributed by atoms with van der Waals surface area (Å²) in [5.74, 6) is 2.07. The fourth-order valence-corrected chi connectivity index (χ4v) is 10.1. The fourth-order valence-electron chi connectivity index (χ4n) is 10.1. The molecule has 0 amide bonds. The first-order valence-corrected chi connectivity index (χ1v) is 21.9. The fraction of sp³-hybridized carbons (Fsp3) is 0.0517. The summed E-state index contributed by atoms with van der Waals surface area (Å²) in [6.45, 7) is 2.26. The van der Waals surface area contributed by atoms with Crippen LogP contribution in [0, 0.1) is 5.92 Å². The summed E-state index contributed by atoms with van der Waals surface area (Å²) in [7, 11) is 0. The number of hydrogen-bond donors (Lipinski definition) is 0. The van der Waals surface area contributed by atoms with Crippen molar-refractivity contribution < 1.29 is 4.42 Å². The molecule has 2 unspecified atom stereocenters. The lowest BCUT2D eigenvalue weighted by Crippen LogP contribution is -2.15. The zero-order valence-electron chi connectivity index (χ0n) is 34.9. The van der Waals surface area contributed by atoms with Crippen LogP contribution in [0.1, 0.15) is 18.7 Å². The van der Waals surface area contributed by atoms with Crippen LogP contribution < -0.4 is 0 Å². The molecule has 13 rings (SSSR count).